The topological polar surface area (TPSA) is 143 Å². The number of carboxylic acid groups (broad SMARTS) is 1. The van der Waals surface area contributed by atoms with Crippen molar-refractivity contribution < 1.29 is 42.1 Å². The Bertz CT molecular complexity index is 1110. The van der Waals surface area contributed by atoms with E-state index in [0.29, 0.717) is 36.3 Å². The molecule has 2 unspecified atom stereocenters. The van der Waals surface area contributed by atoms with E-state index in [1.165, 1.54) is 13.2 Å². The maximum absolute atomic E-state index is 13.2. The number of halogens is 3. The SMILES string of the molecule is CNCC1COC(C(=O)O)CO1.COc1ccc(C#N)cc1[C@H](C)Nc1ncc(C=O)cc1C(F)(F)F. The zero-order valence-corrected chi connectivity index (χ0v) is 20.3. The third kappa shape index (κ3) is 8.42. The summed E-state index contributed by atoms with van der Waals surface area (Å²) in [4.78, 5) is 24.8. The zero-order valence-electron chi connectivity index (χ0n) is 20.3. The number of carbonyl (C=O) groups excluding carboxylic acids is 1. The number of aldehydes is 1. The van der Waals surface area contributed by atoms with E-state index in [0.717, 1.165) is 12.3 Å². The van der Waals surface area contributed by atoms with E-state index in [-0.39, 0.29) is 18.3 Å². The summed E-state index contributed by atoms with van der Waals surface area (Å²) in [5, 5.41) is 23.1. The first-order valence-corrected chi connectivity index (χ1v) is 11.0. The highest BCUT2D eigenvalue weighted by molar-refractivity contribution is 5.75. The van der Waals surface area contributed by atoms with Gasteiger partial charge in [-0.15, -0.1) is 0 Å². The quantitative estimate of drug-likeness (QED) is 0.441. The van der Waals surface area contributed by atoms with Crippen molar-refractivity contribution in [2.75, 3.05) is 39.2 Å². The first kappa shape index (κ1) is 29.5. The van der Waals surface area contributed by atoms with Crippen molar-refractivity contribution in [1.82, 2.24) is 10.3 Å². The predicted molar refractivity (Wildman–Crippen MR) is 125 cm³/mol. The number of aromatic nitrogens is 1. The third-order valence-corrected chi connectivity index (χ3v) is 5.20. The first-order valence-electron chi connectivity index (χ1n) is 11.0. The molecule has 3 atom stereocenters. The Morgan fingerprint density at radius 2 is 2.08 bits per heavy atom. The van der Waals surface area contributed by atoms with Gasteiger partial charge in [0.05, 0.1) is 49.7 Å². The molecular formula is C24H27F3N4O6. The number of pyridine rings is 1. The minimum absolute atomic E-state index is 0.0226. The van der Waals surface area contributed by atoms with Crippen molar-refractivity contribution in [2.24, 2.45) is 0 Å². The van der Waals surface area contributed by atoms with E-state index >= 15 is 0 Å². The largest absolute Gasteiger partial charge is 0.496 e. The van der Waals surface area contributed by atoms with Crippen LogP contribution < -0.4 is 15.4 Å². The second-order valence-electron chi connectivity index (χ2n) is 7.89. The average molecular weight is 524 g/mol. The van der Waals surface area contributed by atoms with Gasteiger partial charge < -0.3 is 30.0 Å². The molecule has 0 amide bonds. The Balaban J connectivity index is 0.000000335. The highest BCUT2D eigenvalue weighted by Crippen LogP contribution is 2.36. The van der Waals surface area contributed by atoms with E-state index < -0.39 is 35.7 Å². The minimum Gasteiger partial charge on any atom is -0.496 e. The van der Waals surface area contributed by atoms with Crippen LogP contribution in [0, 0.1) is 11.3 Å². The second kappa shape index (κ2) is 13.5. The van der Waals surface area contributed by atoms with Crippen LogP contribution in [0.3, 0.4) is 0 Å². The van der Waals surface area contributed by atoms with Crippen LogP contribution in [0.1, 0.15) is 40.0 Å². The molecule has 13 heteroatoms. The number of carboxylic acids is 1. The van der Waals surface area contributed by atoms with E-state index in [1.54, 1.807) is 19.1 Å². The molecule has 1 aromatic heterocycles. The molecule has 1 aliphatic rings. The molecule has 3 N–H and O–H groups in total. The van der Waals surface area contributed by atoms with E-state index in [9.17, 15) is 22.8 Å². The number of methoxy groups -OCH3 is 1. The molecule has 0 radical (unpaired) electrons. The first-order chi connectivity index (χ1) is 17.5. The van der Waals surface area contributed by atoms with E-state index in [1.807, 2.05) is 13.1 Å². The summed E-state index contributed by atoms with van der Waals surface area (Å²) in [5.74, 6) is -0.940. The lowest BCUT2D eigenvalue weighted by Crippen LogP contribution is -2.43. The van der Waals surface area contributed by atoms with Crippen molar-refractivity contribution >= 4 is 18.1 Å². The third-order valence-electron chi connectivity index (χ3n) is 5.20. The highest BCUT2D eigenvalue weighted by Gasteiger charge is 2.35. The number of hydrogen-bond acceptors (Lipinski definition) is 9. The van der Waals surface area contributed by atoms with Crippen LogP contribution in [0.4, 0.5) is 19.0 Å². The molecule has 1 fully saturated rings. The number of aliphatic carboxylic acids is 1. The lowest BCUT2D eigenvalue weighted by atomic mass is 10.0. The highest BCUT2D eigenvalue weighted by atomic mass is 19.4. The van der Waals surface area contributed by atoms with Crippen molar-refractivity contribution in [3.8, 4) is 11.8 Å². The maximum atomic E-state index is 13.2. The van der Waals surface area contributed by atoms with Crippen LogP contribution in [0.2, 0.25) is 0 Å². The molecule has 0 spiro atoms. The number of carbonyl (C=O) groups is 2. The lowest BCUT2D eigenvalue weighted by Gasteiger charge is -2.26. The molecule has 0 saturated carbocycles. The molecule has 2 heterocycles. The fraction of sp³-hybridized carbons (Fsp3) is 0.417. The van der Waals surface area contributed by atoms with Gasteiger partial charge in [0.15, 0.2) is 12.4 Å². The minimum atomic E-state index is -4.67. The number of alkyl halides is 3. The van der Waals surface area contributed by atoms with Gasteiger partial charge in [-0.1, -0.05) is 0 Å². The van der Waals surface area contributed by atoms with Gasteiger partial charge in [-0.2, -0.15) is 18.4 Å². The molecule has 10 nitrogen and oxygen atoms in total. The molecule has 0 aliphatic carbocycles. The normalized spacial score (nSPS) is 18.0. The van der Waals surface area contributed by atoms with Crippen LogP contribution >= 0.6 is 0 Å². The predicted octanol–water partition coefficient (Wildman–Crippen LogP) is 3.04. The standard InChI is InChI=1S/C17H14F3N3O2.C7H13NO4/c1-10(13-5-11(7-21)3-4-15(13)25-2)23-16-14(17(18,19)20)6-12(9-24)8-22-16;1-8-2-5-3-12-6(4-11-5)7(9)10/h3-6,8-10H,1-2H3,(H,22,23);5-6,8H,2-4H2,1H3,(H,9,10)/t10-;/m0./s1. The average Bonchev–Trinajstić information content (AvgIpc) is 2.88. The van der Waals surface area contributed by atoms with Gasteiger partial charge in [0.1, 0.15) is 11.6 Å². The van der Waals surface area contributed by atoms with Crippen molar-refractivity contribution in [1.29, 1.82) is 5.26 Å². The fourth-order valence-corrected chi connectivity index (χ4v) is 3.33. The number of ether oxygens (including phenoxy) is 3. The summed E-state index contributed by atoms with van der Waals surface area (Å²) in [6, 6.07) is 6.73. The van der Waals surface area contributed by atoms with Gasteiger partial charge in [-0.05, 0) is 38.2 Å². The molecule has 200 valence electrons. The maximum Gasteiger partial charge on any atom is 0.419 e. The van der Waals surface area contributed by atoms with E-state index in [4.69, 9.17) is 24.6 Å². The number of nitriles is 1. The number of benzene rings is 1. The summed E-state index contributed by atoms with van der Waals surface area (Å²) in [5.41, 5.74) is -0.352. The molecule has 37 heavy (non-hydrogen) atoms. The summed E-state index contributed by atoms with van der Waals surface area (Å²) in [6.07, 6.45) is -4.13. The molecule has 1 aromatic carbocycles. The zero-order chi connectivity index (χ0) is 27.6. The van der Waals surface area contributed by atoms with Gasteiger partial charge in [0.2, 0.25) is 0 Å². The number of hydrogen-bond donors (Lipinski definition) is 3. The molecule has 1 aliphatic heterocycles. The summed E-state index contributed by atoms with van der Waals surface area (Å²) in [7, 11) is 3.24. The Kier molecular flexibility index (Phi) is 10.8. The number of rotatable bonds is 8. The lowest BCUT2D eigenvalue weighted by molar-refractivity contribution is -0.174. The van der Waals surface area contributed by atoms with Crippen molar-refractivity contribution in [3.63, 3.8) is 0 Å². The van der Waals surface area contributed by atoms with Gasteiger partial charge >= 0.3 is 12.1 Å². The summed E-state index contributed by atoms with van der Waals surface area (Å²) in [6.45, 7) is 2.79. The summed E-state index contributed by atoms with van der Waals surface area (Å²) < 4.78 is 55.1. The number of anilines is 1. The van der Waals surface area contributed by atoms with Gasteiger partial charge in [-0.25, -0.2) is 9.78 Å². The van der Waals surface area contributed by atoms with Gasteiger partial charge in [0.25, 0.3) is 0 Å². The summed E-state index contributed by atoms with van der Waals surface area (Å²) >= 11 is 0. The van der Waals surface area contributed by atoms with E-state index in [2.05, 4.69) is 15.6 Å². The number of nitrogens with zero attached hydrogens (tertiary/aromatic N) is 2. The second-order valence-corrected chi connectivity index (χ2v) is 7.89. The van der Waals surface area contributed by atoms with Crippen molar-refractivity contribution in [2.45, 2.75) is 31.3 Å². The monoisotopic (exact) mass is 524 g/mol. The van der Waals surface area contributed by atoms with Gasteiger partial charge in [0, 0.05) is 23.9 Å². The van der Waals surface area contributed by atoms with Crippen LogP contribution in [-0.2, 0) is 20.4 Å². The Labute approximate surface area is 211 Å². The molecular weight excluding hydrogens is 497 g/mol. The fourth-order valence-electron chi connectivity index (χ4n) is 3.33. The van der Waals surface area contributed by atoms with Crippen LogP contribution in [-0.4, -0.2) is 68.5 Å². The number of nitrogens with one attached hydrogen (secondary N) is 2. The Hall–Kier alpha value is -3.73. The molecule has 0 bridgehead atoms. The molecule has 1 saturated heterocycles. The van der Waals surface area contributed by atoms with Gasteiger partial charge in [-0.3, -0.25) is 4.79 Å². The smallest absolute Gasteiger partial charge is 0.419 e. The van der Waals surface area contributed by atoms with Crippen LogP contribution in [0.25, 0.3) is 0 Å². The van der Waals surface area contributed by atoms with Crippen molar-refractivity contribution in [3.05, 3.63) is 52.7 Å². The van der Waals surface area contributed by atoms with Crippen LogP contribution in [0.5, 0.6) is 5.75 Å². The molecule has 3 rings (SSSR count). The van der Waals surface area contributed by atoms with Crippen LogP contribution in [0.15, 0.2) is 30.5 Å². The Morgan fingerprint density at radius 3 is 2.59 bits per heavy atom. The number of likely N-dealkylation sites (N-methyl/N-ethyl adjacent to an activating group) is 1. The molecule has 2 aromatic rings. The Morgan fingerprint density at radius 1 is 1.35 bits per heavy atom.